The number of amides is 3. The lowest BCUT2D eigenvalue weighted by atomic mass is 9.76. The van der Waals surface area contributed by atoms with Gasteiger partial charge in [-0.15, -0.1) is 0 Å². The fourth-order valence-corrected chi connectivity index (χ4v) is 5.94. The van der Waals surface area contributed by atoms with Gasteiger partial charge >= 0.3 is 6.03 Å². The second-order valence-electron chi connectivity index (χ2n) is 10.2. The molecular formula is C30H36N4O3. The molecule has 0 aliphatic carbocycles. The van der Waals surface area contributed by atoms with E-state index in [4.69, 9.17) is 4.74 Å². The number of hydrogen-bond donors (Lipinski definition) is 2. The number of fused-ring (bicyclic) bond motifs is 1. The van der Waals surface area contributed by atoms with Crippen LogP contribution in [0.5, 0.6) is 0 Å². The minimum atomic E-state index is -0.109. The first kappa shape index (κ1) is 25.3. The average molecular weight is 501 g/mol. The van der Waals surface area contributed by atoms with Crippen molar-refractivity contribution in [2.75, 3.05) is 46.4 Å². The SMILES string of the molecule is CNCC#Cc1cccc(C(c2ccccc2)C2CCN(C(=O)N3CC[C@@H]4OCC(=O)N[C@@H]4C3)CC2)c1. The maximum Gasteiger partial charge on any atom is 0.320 e. The van der Waals surface area contributed by atoms with Gasteiger partial charge in [0.05, 0.1) is 18.7 Å². The van der Waals surface area contributed by atoms with Crippen LogP contribution in [0.3, 0.4) is 0 Å². The number of rotatable bonds is 4. The summed E-state index contributed by atoms with van der Waals surface area (Å²) in [6, 6.07) is 19.3. The topological polar surface area (TPSA) is 73.9 Å². The number of carbonyl (C=O) groups excluding carboxylic acids is 2. The number of hydrogen-bond acceptors (Lipinski definition) is 4. The van der Waals surface area contributed by atoms with Gasteiger partial charge in [0.2, 0.25) is 5.91 Å². The molecule has 3 aliphatic rings. The maximum atomic E-state index is 13.4. The second-order valence-corrected chi connectivity index (χ2v) is 10.2. The first-order valence-corrected chi connectivity index (χ1v) is 13.4. The maximum absolute atomic E-state index is 13.4. The Morgan fingerprint density at radius 3 is 2.59 bits per heavy atom. The molecule has 37 heavy (non-hydrogen) atoms. The van der Waals surface area contributed by atoms with Crippen LogP contribution in [0.25, 0.3) is 0 Å². The van der Waals surface area contributed by atoms with E-state index in [1.807, 2.05) is 16.8 Å². The summed E-state index contributed by atoms with van der Waals surface area (Å²) in [5.74, 6) is 7.03. The van der Waals surface area contributed by atoms with Gasteiger partial charge in [0, 0.05) is 37.7 Å². The second kappa shape index (κ2) is 11.8. The molecule has 3 heterocycles. The number of urea groups is 1. The highest BCUT2D eigenvalue weighted by atomic mass is 16.5. The van der Waals surface area contributed by atoms with E-state index in [1.54, 1.807) is 0 Å². The standard InChI is InChI=1S/C30H36N4O3/c1-31-15-6-8-22-7-5-11-25(19-22)29(23-9-3-2-4-10-23)24-12-16-33(17-13-24)30(36)34-18-14-27-26(20-34)32-28(35)21-37-27/h2-5,7,9-11,19,24,26-27,29,31H,12-18,20-21H2,1H3,(H,32,35)/t26-,27+,29?/m1/s1. The summed E-state index contributed by atoms with van der Waals surface area (Å²) in [6.07, 6.45) is 2.66. The Labute approximate surface area is 219 Å². The van der Waals surface area contributed by atoms with Crippen molar-refractivity contribution in [3.05, 3.63) is 71.3 Å². The van der Waals surface area contributed by atoms with E-state index >= 15 is 0 Å². The van der Waals surface area contributed by atoms with Gasteiger partial charge in [-0.25, -0.2) is 4.79 Å². The van der Waals surface area contributed by atoms with Gasteiger partial charge in [-0.2, -0.15) is 0 Å². The molecule has 3 atom stereocenters. The van der Waals surface area contributed by atoms with Gasteiger partial charge < -0.3 is 25.2 Å². The van der Waals surface area contributed by atoms with Crippen molar-refractivity contribution >= 4 is 11.9 Å². The fourth-order valence-electron chi connectivity index (χ4n) is 5.94. The molecule has 2 N–H and O–H groups in total. The lowest BCUT2D eigenvalue weighted by Crippen LogP contribution is -2.62. The Hall–Kier alpha value is -3.34. The summed E-state index contributed by atoms with van der Waals surface area (Å²) < 4.78 is 5.65. The molecule has 0 radical (unpaired) electrons. The molecule has 3 aliphatic heterocycles. The monoisotopic (exact) mass is 500 g/mol. The van der Waals surface area contributed by atoms with Gasteiger partial charge in [0.15, 0.2) is 0 Å². The first-order chi connectivity index (χ1) is 18.1. The van der Waals surface area contributed by atoms with Crippen molar-refractivity contribution in [2.45, 2.75) is 37.3 Å². The molecule has 7 heteroatoms. The van der Waals surface area contributed by atoms with E-state index < -0.39 is 0 Å². The molecule has 0 saturated carbocycles. The van der Waals surface area contributed by atoms with Gasteiger partial charge in [-0.1, -0.05) is 54.3 Å². The van der Waals surface area contributed by atoms with E-state index in [9.17, 15) is 9.59 Å². The van der Waals surface area contributed by atoms with Crippen LogP contribution in [-0.4, -0.2) is 80.3 Å². The van der Waals surface area contributed by atoms with E-state index in [2.05, 4.69) is 77.1 Å². The molecule has 1 unspecified atom stereocenters. The number of likely N-dealkylation sites (tertiary alicyclic amines) is 2. The van der Waals surface area contributed by atoms with Gasteiger partial charge in [0.25, 0.3) is 0 Å². The summed E-state index contributed by atoms with van der Waals surface area (Å²) in [5.41, 5.74) is 3.62. The van der Waals surface area contributed by atoms with Crippen molar-refractivity contribution in [1.29, 1.82) is 0 Å². The summed E-state index contributed by atoms with van der Waals surface area (Å²) >= 11 is 0. The Balaban J connectivity index is 1.27. The predicted molar refractivity (Wildman–Crippen MR) is 143 cm³/mol. The molecule has 3 fully saturated rings. The number of benzene rings is 2. The zero-order valence-corrected chi connectivity index (χ0v) is 21.5. The summed E-state index contributed by atoms with van der Waals surface area (Å²) in [7, 11) is 1.90. The van der Waals surface area contributed by atoms with E-state index in [1.165, 1.54) is 11.1 Å². The number of carbonyl (C=O) groups is 2. The Morgan fingerprint density at radius 1 is 1.05 bits per heavy atom. The van der Waals surface area contributed by atoms with Crippen molar-refractivity contribution in [3.63, 3.8) is 0 Å². The first-order valence-electron chi connectivity index (χ1n) is 13.4. The highest BCUT2D eigenvalue weighted by Crippen LogP contribution is 2.38. The highest BCUT2D eigenvalue weighted by Gasteiger charge is 2.38. The number of nitrogens with zero attached hydrogens (tertiary/aromatic N) is 2. The molecule has 0 spiro atoms. The summed E-state index contributed by atoms with van der Waals surface area (Å²) in [4.78, 5) is 29.0. The minimum Gasteiger partial charge on any atom is -0.366 e. The predicted octanol–water partition coefficient (Wildman–Crippen LogP) is 2.81. The molecule has 194 valence electrons. The zero-order valence-electron chi connectivity index (χ0n) is 21.5. The zero-order chi connectivity index (χ0) is 25.6. The number of nitrogens with one attached hydrogen (secondary N) is 2. The molecule has 3 saturated heterocycles. The third kappa shape index (κ3) is 5.98. The molecule has 0 bridgehead atoms. The fraction of sp³-hybridized carbons (Fsp3) is 0.467. The lowest BCUT2D eigenvalue weighted by Gasteiger charge is -2.44. The van der Waals surface area contributed by atoms with Gasteiger partial charge in [-0.05, 0) is 55.5 Å². The van der Waals surface area contributed by atoms with Gasteiger partial charge in [0.1, 0.15) is 6.61 Å². The quantitative estimate of drug-likeness (QED) is 0.634. The Morgan fingerprint density at radius 2 is 1.81 bits per heavy atom. The van der Waals surface area contributed by atoms with E-state index in [0.29, 0.717) is 25.6 Å². The van der Waals surface area contributed by atoms with E-state index in [-0.39, 0.29) is 36.6 Å². The molecule has 2 aromatic rings. The third-order valence-corrected chi connectivity index (χ3v) is 7.78. The van der Waals surface area contributed by atoms with Gasteiger partial charge in [-0.3, -0.25) is 4.79 Å². The highest BCUT2D eigenvalue weighted by molar-refractivity contribution is 5.79. The van der Waals surface area contributed by atoms with Crippen LogP contribution < -0.4 is 10.6 Å². The summed E-state index contributed by atoms with van der Waals surface area (Å²) in [5, 5.41) is 6.07. The molecule has 7 nitrogen and oxygen atoms in total. The molecule has 3 amide bonds. The third-order valence-electron chi connectivity index (χ3n) is 7.78. The van der Waals surface area contributed by atoms with Crippen LogP contribution >= 0.6 is 0 Å². The van der Waals surface area contributed by atoms with Crippen LogP contribution in [0, 0.1) is 17.8 Å². The minimum absolute atomic E-state index is 0.0119. The summed E-state index contributed by atoms with van der Waals surface area (Å²) in [6.45, 7) is 3.45. The van der Waals surface area contributed by atoms with Crippen molar-refractivity contribution in [1.82, 2.24) is 20.4 Å². The van der Waals surface area contributed by atoms with Crippen molar-refractivity contribution < 1.29 is 14.3 Å². The van der Waals surface area contributed by atoms with Crippen LogP contribution in [0.15, 0.2) is 54.6 Å². The number of ether oxygens (including phenoxy) is 1. The smallest absolute Gasteiger partial charge is 0.320 e. The molecule has 0 aromatic heterocycles. The normalized spacial score (nSPS) is 22.9. The lowest BCUT2D eigenvalue weighted by molar-refractivity contribution is -0.139. The van der Waals surface area contributed by atoms with Crippen molar-refractivity contribution in [3.8, 4) is 11.8 Å². The largest absolute Gasteiger partial charge is 0.366 e. The molecular weight excluding hydrogens is 464 g/mol. The van der Waals surface area contributed by atoms with Crippen molar-refractivity contribution in [2.24, 2.45) is 5.92 Å². The molecule has 2 aromatic carbocycles. The van der Waals surface area contributed by atoms with Crippen LogP contribution in [0.4, 0.5) is 4.79 Å². The van der Waals surface area contributed by atoms with E-state index in [0.717, 1.165) is 37.9 Å². The Kier molecular flexibility index (Phi) is 8.08. The Bertz CT molecular complexity index is 1150. The van der Waals surface area contributed by atoms with Crippen LogP contribution in [0.1, 0.15) is 41.9 Å². The van der Waals surface area contributed by atoms with Crippen LogP contribution in [0.2, 0.25) is 0 Å². The molecule has 5 rings (SSSR count). The number of morpholine rings is 1. The number of piperidine rings is 2. The van der Waals surface area contributed by atoms with Crippen LogP contribution in [-0.2, 0) is 9.53 Å². The average Bonchev–Trinajstić information content (AvgIpc) is 2.94.